The minimum Gasteiger partial charge on any atom is -0.346 e. The van der Waals surface area contributed by atoms with Crippen LogP contribution in [0.15, 0.2) is 65.8 Å². The molecule has 0 saturated carbocycles. The van der Waals surface area contributed by atoms with Crippen LogP contribution in [0.5, 0.6) is 0 Å². The molecule has 0 saturated heterocycles. The molecule has 152 valence electrons. The van der Waals surface area contributed by atoms with Crippen molar-refractivity contribution in [3.63, 3.8) is 0 Å². The van der Waals surface area contributed by atoms with Crippen molar-refractivity contribution in [3.05, 3.63) is 87.7 Å². The number of nitrogens with one attached hydrogen (secondary N) is 2. The highest BCUT2D eigenvalue weighted by molar-refractivity contribution is 7.92. The van der Waals surface area contributed by atoms with Crippen LogP contribution < -0.4 is 4.72 Å². The van der Waals surface area contributed by atoms with Crippen LogP contribution >= 0.6 is 23.2 Å². The van der Waals surface area contributed by atoms with Gasteiger partial charge in [0.25, 0.3) is 10.0 Å². The lowest BCUT2D eigenvalue weighted by atomic mass is 10.0. The van der Waals surface area contributed by atoms with E-state index in [1.165, 1.54) is 42.6 Å². The number of halogens is 2. The maximum absolute atomic E-state index is 13.3. The van der Waals surface area contributed by atoms with Gasteiger partial charge in [0.05, 0.1) is 10.6 Å². The molecule has 6 nitrogen and oxygen atoms in total. The zero-order valence-electron chi connectivity index (χ0n) is 15.6. The van der Waals surface area contributed by atoms with Crippen LogP contribution in [0.1, 0.15) is 21.5 Å². The number of hydrogen-bond donors (Lipinski definition) is 2. The van der Waals surface area contributed by atoms with Crippen molar-refractivity contribution in [2.24, 2.45) is 0 Å². The quantitative estimate of drug-likeness (QED) is 0.400. The molecule has 0 radical (unpaired) electrons. The van der Waals surface area contributed by atoms with Crippen molar-refractivity contribution < 1.29 is 13.2 Å². The second-order valence-corrected chi connectivity index (χ2v) is 9.16. The fourth-order valence-corrected chi connectivity index (χ4v) is 4.54. The number of rotatable bonds is 5. The summed E-state index contributed by atoms with van der Waals surface area (Å²) in [5, 5.41) is 1.39. The van der Waals surface area contributed by atoms with Crippen molar-refractivity contribution in [3.8, 4) is 0 Å². The normalized spacial score (nSPS) is 11.6. The number of hydrogen-bond acceptors (Lipinski definition) is 4. The van der Waals surface area contributed by atoms with Gasteiger partial charge in [-0.3, -0.25) is 9.52 Å². The van der Waals surface area contributed by atoms with Crippen molar-refractivity contribution in [1.29, 1.82) is 0 Å². The molecular formula is C21H15Cl2N3O3S. The Hall–Kier alpha value is -2.87. The largest absolute Gasteiger partial charge is 0.346 e. The van der Waals surface area contributed by atoms with E-state index in [1.54, 1.807) is 25.3 Å². The minimum atomic E-state index is -3.98. The smallest absolute Gasteiger partial charge is 0.261 e. The summed E-state index contributed by atoms with van der Waals surface area (Å²) < 4.78 is 28.4. The highest BCUT2D eigenvalue weighted by Crippen LogP contribution is 2.29. The summed E-state index contributed by atoms with van der Waals surface area (Å²) in [4.78, 5) is 20.4. The highest BCUT2D eigenvalue weighted by Gasteiger charge is 2.22. The SMILES string of the molecule is Cc1cc(S(=O)(=O)Nc2cc(Cl)ccc2C(=O)c2ccnc3[nH]ccc23)ccc1Cl. The molecule has 0 aliphatic carbocycles. The third-order valence-electron chi connectivity index (χ3n) is 4.62. The number of aromatic amines is 1. The van der Waals surface area contributed by atoms with Crippen LogP contribution in [0.3, 0.4) is 0 Å². The number of pyridine rings is 1. The molecule has 4 rings (SSSR count). The molecule has 0 aliphatic rings. The molecule has 0 amide bonds. The van der Waals surface area contributed by atoms with Gasteiger partial charge in [-0.25, -0.2) is 13.4 Å². The number of carbonyl (C=O) groups excluding carboxylic acids is 1. The van der Waals surface area contributed by atoms with E-state index < -0.39 is 10.0 Å². The Morgan fingerprint density at radius 2 is 1.83 bits per heavy atom. The first-order valence-electron chi connectivity index (χ1n) is 8.81. The Kier molecular flexibility index (Phi) is 5.27. The van der Waals surface area contributed by atoms with Gasteiger partial charge in [-0.2, -0.15) is 0 Å². The predicted molar refractivity (Wildman–Crippen MR) is 118 cm³/mol. The molecule has 0 spiro atoms. The number of nitrogens with zero attached hydrogens (tertiary/aromatic N) is 1. The fourth-order valence-electron chi connectivity index (χ4n) is 3.09. The molecule has 0 atom stereocenters. The Bertz CT molecular complexity index is 1400. The first-order valence-corrected chi connectivity index (χ1v) is 11.1. The highest BCUT2D eigenvalue weighted by atomic mass is 35.5. The summed E-state index contributed by atoms with van der Waals surface area (Å²) in [6.07, 6.45) is 3.20. The molecular weight excluding hydrogens is 445 g/mol. The first kappa shape index (κ1) is 20.4. The number of aryl methyl sites for hydroxylation is 1. The first-order chi connectivity index (χ1) is 14.3. The molecule has 9 heteroatoms. The van der Waals surface area contributed by atoms with E-state index in [0.717, 1.165) is 0 Å². The van der Waals surface area contributed by atoms with E-state index in [2.05, 4.69) is 14.7 Å². The monoisotopic (exact) mass is 459 g/mol. The van der Waals surface area contributed by atoms with Gasteiger partial charge < -0.3 is 4.98 Å². The molecule has 4 aromatic rings. The maximum Gasteiger partial charge on any atom is 0.261 e. The number of carbonyl (C=O) groups is 1. The third kappa shape index (κ3) is 3.79. The Morgan fingerprint density at radius 1 is 1.03 bits per heavy atom. The molecule has 0 unspecified atom stereocenters. The van der Waals surface area contributed by atoms with Gasteiger partial charge in [-0.1, -0.05) is 23.2 Å². The molecule has 2 heterocycles. The molecule has 2 aromatic heterocycles. The average molecular weight is 460 g/mol. The van der Waals surface area contributed by atoms with E-state index >= 15 is 0 Å². The summed E-state index contributed by atoms with van der Waals surface area (Å²) >= 11 is 12.1. The molecule has 30 heavy (non-hydrogen) atoms. The molecule has 2 aromatic carbocycles. The number of fused-ring (bicyclic) bond motifs is 1. The standard InChI is InChI=1S/C21H15Cl2N3O3S/c1-12-10-14(3-5-18(12)23)30(28,29)26-19-11-13(22)2-4-17(19)20(27)15-6-8-24-21-16(15)7-9-25-21/h2-11,26H,1H3,(H,24,25). The van der Waals surface area contributed by atoms with E-state index in [-0.39, 0.29) is 27.0 Å². The number of benzene rings is 2. The zero-order valence-corrected chi connectivity index (χ0v) is 17.9. The molecule has 0 aliphatic heterocycles. The van der Waals surface area contributed by atoms with Gasteiger partial charge in [-0.15, -0.1) is 0 Å². The summed E-state index contributed by atoms with van der Waals surface area (Å²) in [6.45, 7) is 1.71. The van der Waals surface area contributed by atoms with Gasteiger partial charge in [0.15, 0.2) is 5.78 Å². The summed E-state index contributed by atoms with van der Waals surface area (Å²) in [6, 6.07) is 12.1. The number of aromatic nitrogens is 2. The minimum absolute atomic E-state index is 0.0275. The number of ketones is 1. The lowest BCUT2D eigenvalue weighted by Gasteiger charge is -2.14. The maximum atomic E-state index is 13.3. The van der Waals surface area contributed by atoms with Gasteiger partial charge in [0.1, 0.15) is 5.65 Å². The van der Waals surface area contributed by atoms with E-state index in [1.807, 2.05) is 0 Å². The van der Waals surface area contributed by atoms with Crippen LogP contribution in [-0.2, 0) is 10.0 Å². The van der Waals surface area contributed by atoms with Crippen LogP contribution in [0.4, 0.5) is 5.69 Å². The summed E-state index contributed by atoms with van der Waals surface area (Å²) in [5.41, 5.74) is 1.83. The lowest BCUT2D eigenvalue weighted by molar-refractivity contribution is 0.104. The van der Waals surface area contributed by atoms with Crippen LogP contribution in [0.2, 0.25) is 10.0 Å². The Balaban J connectivity index is 1.78. The zero-order chi connectivity index (χ0) is 21.5. The fraction of sp³-hybridized carbons (Fsp3) is 0.0476. The van der Waals surface area contributed by atoms with Gasteiger partial charge in [-0.05, 0) is 61.0 Å². The van der Waals surface area contributed by atoms with E-state index in [9.17, 15) is 13.2 Å². The second kappa shape index (κ2) is 7.75. The predicted octanol–water partition coefficient (Wildman–Crippen LogP) is 5.21. The molecule has 0 bridgehead atoms. The Labute approximate surface area is 182 Å². The average Bonchev–Trinajstić information content (AvgIpc) is 3.18. The summed E-state index contributed by atoms with van der Waals surface area (Å²) in [7, 11) is -3.98. The Morgan fingerprint density at radius 3 is 2.60 bits per heavy atom. The topological polar surface area (TPSA) is 91.9 Å². The molecule has 0 fully saturated rings. The lowest BCUT2D eigenvalue weighted by Crippen LogP contribution is -2.16. The van der Waals surface area contributed by atoms with Crippen LogP contribution in [-0.4, -0.2) is 24.2 Å². The van der Waals surface area contributed by atoms with E-state index in [4.69, 9.17) is 23.2 Å². The van der Waals surface area contributed by atoms with Crippen molar-refractivity contribution in [2.45, 2.75) is 11.8 Å². The second-order valence-electron chi connectivity index (χ2n) is 6.63. The summed E-state index contributed by atoms with van der Waals surface area (Å²) in [5.74, 6) is -0.358. The third-order valence-corrected chi connectivity index (χ3v) is 6.64. The van der Waals surface area contributed by atoms with Crippen LogP contribution in [0.25, 0.3) is 11.0 Å². The van der Waals surface area contributed by atoms with Gasteiger partial charge in [0.2, 0.25) is 0 Å². The van der Waals surface area contributed by atoms with Gasteiger partial charge in [0, 0.05) is 39.0 Å². The number of anilines is 1. The number of H-pyrrole nitrogens is 1. The van der Waals surface area contributed by atoms with Crippen molar-refractivity contribution in [2.75, 3.05) is 4.72 Å². The van der Waals surface area contributed by atoms with E-state index in [0.29, 0.717) is 27.2 Å². The van der Waals surface area contributed by atoms with Crippen molar-refractivity contribution >= 4 is 55.7 Å². The van der Waals surface area contributed by atoms with Gasteiger partial charge >= 0.3 is 0 Å². The molecule has 2 N–H and O–H groups in total. The van der Waals surface area contributed by atoms with Crippen LogP contribution in [0, 0.1) is 6.92 Å². The van der Waals surface area contributed by atoms with Crippen molar-refractivity contribution in [1.82, 2.24) is 9.97 Å². The number of sulfonamides is 1.